The van der Waals surface area contributed by atoms with Crippen LogP contribution in [-0.4, -0.2) is 11.7 Å². The molecule has 0 amide bonds. The lowest BCUT2D eigenvalue weighted by Crippen LogP contribution is -2.13. The normalized spacial score (nSPS) is 10.8. The maximum atomic E-state index is 12.9. The zero-order chi connectivity index (χ0) is 21.8. The van der Waals surface area contributed by atoms with E-state index in [1.165, 1.54) is 12.5 Å². The van der Waals surface area contributed by atoms with Crippen LogP contribution in [0.1, 0.15) is 34.9 Å². The summed E-state index contributed by atoms with van der Waals surface area (Å²) in [7, 11) is 0. The number of hydrogen-bond acceptors (Lipinski definition) is 5. The van der Waals surface area contributed by atoms with Gasteiger partial charge in [0.25, 0.3) is 0 Å². The minimum absolute atomic E-state index is 0.254. The first kappa shape index (κ1) is 21.9. The van der Waals surface area contributed by atoms with Crippen molar-refractivity contribution in [3.05, 3.63) is 80.9 Å². The zero-order valence-corrected chi connectivity index (χ0v) is 18.8. The highest BCUT2D eigenvalue weighted by molar-refractivity contribution is 7.99. The summed E-state index contributed by atoms with van der Waals surface area (Å²) in [6.07, 6.45) is 0.550. The molecule has 3 aromatic rings. The van der Waals surface area contributed by atoms with Crippen LogP contribution < -0.4 is 10.4 Å². The summed E-state index contributed by atoms with van der Waals surface area (Å²) >= 11 is 1.69. The fourth-order valence-electron chi connectivity index (χ4n) is 3.58. The Kier molecular flexibility index (Phi) is 6.83. The molecule has 0 aliphatic rings. The molecule has 156 valence electrons. The molecule has 0 saturated heterocycles. The van der Waals surface area contributed by atoms with E-state index < -0.39 is 11.6 Å². The number of thioether (sulfide) groups is 1. The van der Waals surface area contributed by atoms with Crippen molar-refractivity contribution in [3.8, 4) is 16.9 Å². The lowest BCUT2D eigenvalue weighted by Gasteiger charge is -2.14. The van der Waals surface area contributed by atoms with Gasteiger partial charge in [0.05, 0.1) is 0 Å². The first-order valence-corrected chi connectivity index (χ1v) is 10.9. The highest BCUT2D eigenvalue weighted by atomic mass is 32.2. The van der Waals surface area contributed by atoms with Crippen LogP contribution in [0.2, 0.25) is 0 Å². The molecule has 1 aromatic heterocycles. The van der Waals surface area contributed by atoms with Crippen molar-refractivity contribution in [1.82, 2.24) is 0 Å². The van der Waals surface area contributed by atoms with Crippen molar-refractivity contribution >= 4 is 17.7 Å². The van der Waals surface area contributed by atoms with Crippen molar-refractivity contribution in [2.75, 3.05) is 5.75 Å². The minimum atomic E-state index is -0.487. The maximum absolute atomic E-state index is 12.9. The average Bonchev–Trinajstić information content (AvgIpc) is 2.64. The Labute approximate surface area is 181 Å². The van der Waals surface area contributed by atoms with Crippen LogP contribution in [0.25, 0.3) is 11.1 Å². The molecule has 0 atom stereocenters. The first-order chi connectivity index (χ1) is 14.2. The van der Waals surface area contributed by atoms with Gasteiger partial charge in [-0.05, 0) is 56.5 Å². The summed E-state index contributed by atoms with van der Waals surface area (Å²) in [6, 6.07) is 14.0. The van der Waals surface area contributed by atoms with Crippen molar-refractivity contribution in [2.24, 2.45) is 0 Å². The van der Waals surface area contributed by atoms with E-state index >= 15 is 0 Å². The van der Waals surface area contributed by atoms with Crippen molar-refractivity contribution in [1.29, 1.82) is 0 Å². The Morgan fingerprint density at radius 1 is 0.933 bits per heavy atom. The Hall–Kier alpha value is -2.79. The van der Waals surface area contributed by atoms with Gasteiger partial charge in [-0.15, -0.1) is 11.8 Å². The molecule has 0 fully saturated rings. The third-order valence-electron chi connectivity index (χ3n) is 4.79. The lowest BCUT2D eigenvalue weighted by atomic mass is 9.94. The van der Waals surface area contributed by atoms with Crippen LogP contribution in [-0.2, 0) is 11.2 Å². The van der Waals surface area contributed by atoms with Gasteiger partial charge in [0.1, 0.15) is 17.1 Å². The number of carbonyl (C=O) groups excluding carboxylic acids is 1. The molecule has 0 radical (unpaired) electrons. The third-order valence-corrected chi connectivity index (χ3v) is 5.80. The predicted molar refractivity (Wildman–Crippen MR) is 122 cm³/mol. The number of carbonyl (C=O) groups is 1. The Morgan fingerprint density at radius 2 is 1.57 bits per heavy atom. The first-order valence-electron chi connectivity index (χ1n) is 9.87. The average molecular weight is 423 g/mol. The van der Waals surface area contributed by atoms with Crippen LogP contribution in [0.3, 0.4) is 0 Å². The van der Waals surface area contributed by atoms with E-state index in [0.717, 1.165) is 32.9 Å². The molecule has 0 aliphatic carbocycles. The molecular formula is C25H26O4S. The Bertz CT molecular complexity index is 1100. The molecular weight excluding hydrogens is 396 g/mol. The SMILES string of the molecule is CC(=O)Oc1cc(CCSc2ccc(C)cc2)oc(=O)c1-c1c(C)cc(C)cc1C. The summed E-state index contributed by atoms with van der Waals surface area (Å²) in [5, 5.41) is 0. The Balaban J connectivity index is 1.93. The second-order valence-electron chi connectivity index (χ2n) is 7.52. The monoisotopic (exact) mass is 422 g/mol. The van der Waals surface area contributed by atoms with E-state index in [1.54, 1.807) is 17.8 Å². The minimum Gasteiger partial charge on any atom is -0.427 e. The fourth-order valence-corrected chi connectivity index (χ4v) is 4.45. The highest BCUT2D eigenvalue weighted by Crippen LogP contribution is 2.34. The summed E-state index contributed by atoms with van der Waals surface area (Å²) in [5.74, 6) is 1.03. The molecule has 0 spiro atoms. The van der Waals surface area contributed by atoms with E-state index in [-0.39, 0.29) is 5.75 Å². The number of esters is 1. The van der Waals surface area contributed by atoms with Gasteiger partial charge in [-0.25, -0.2) is 4.79 Å². The number of aryl methyl sites for hydroxylation is 5. The summed E-state index contributed by atoms with van der Waals surface area (Å²) < 4.78 is 11.1. The number of benzene rings is 2. The molecule has 5 heteroatoms. The van der Waals surface area contributed by atoms with Gasteiger partial charge in [-0.2, -0.15) is 0 Å². The van der Waals surface area contributed by atoms with Crippen LogP contribution >= 0.6 is 11.8 Å². The molecule has 0 saturated carbocycles. The quantitative estimate of drug-likeness (QED) is 0.371. The van der Waals surface area contributed by atoms with Gasteiger partial charge in [0.15, 0.2) is 0 Å². The number of ether oxygens (including phenoxy) is 1. The summed E-state index contributed by atoms with van der Waals surface area (Å²) in [5.41, 5.74) is 4.78. The maximum Gasteiger partial charge on any atom is 0.347 e. The molecule has 2 aromatic carbocycles. The van der Waals surface area contributed by atoms with Crippen molar-refractivity contribution < 1.29 is 13.9 Å². The smallest absolute Gasteiger partial charge is 0.347 e. The standard InChI is InChI=1S/C25H26O4S/c1-15-6-8-21(9-7-15)30-11-10-20-14-22(28-19(5)26)24(25(27)29-20)23-17(3)12-16(2)13-18(23)4/h6-9,12-14H,10-11H2,1-5H3. The van der Waals surface area contributed by atoms with Crippen molar-refractivity contribution in [2.45, 2.75) is 45.9 Å². The van der Waals surface area contributed by atoms with E-state index in [4.69, 9.17) is 9.15 Å². The van der Waals surface area contributed by atoms with Gasteiger partial charge in [0, 0.05) is 30.1 Å². The molecule has 4 nitrogen and oxygen atoms in total. The largest absolute Gasteiger partial charge is 0.427 e. The van der Waals surface area contributed by atoms with Crippen LogP contribution in [0.15, 0.2) is 56.6 Å². The van der Waals surface area contributed by atoms with Gasteiger partial charge in [0.2, 0.25) is 0 Å². The predicted octanol–water partition coefficient (Wildman–Crippen LogP) is 5.80. The van der Waals surface area contributed by atoms with Gasteiger partial charge >= 0.3 is 11.6 Å². The Morgan fingerprint density at radius 3 is 2.17 bits per heavy atom. The van der Waals surface area contributed by atoms with Gasteiger partial charge in [-0.3, -0.25) is 4.79 Å². The third kappa shape index (κ3) is 5.22. The van der Waals surface area contributed by atoms with E-state index in [1.807, 2.05) is 32.9 Å². The fraction of sp³-hybridized carbons (Fsp3) is 0.280. The molecule has 0 unspecified atom stereocenters. The molecule has 0 aliphatic heterocycles. The topological polar surface area (TPSA) is 56.5 Å². The molecule has 1 heterocycles. The van der Waals surface area contributed by atoms with E-state index in [0.29, 0.717) is 17.7 Å². The summed E-state index contributed by atoms with van der Waals surface area (Å²) in [6.45, 7) is 9.28. The molecule has 0 bridgehead atoms. The van der Waals surface area contributed by atoms with Gasteiger partial charge in [-0.1, -0.05) is 35.4 Å². The number of rotatable bonds is 6. The highest BCUT2D eigenvalue weighted by Gasteiger charge is 2.20. The van der Waals surface area contributed by atoms with Crippen LogP contribution in [0, 0.1) is 27.7 Å². The van der Waals surface area contributed by atoms with Gasteiger partial charge < -0.3 is 9.15 Å². The van der Waals surface area contributed by atoms with E-state index in [9.17, 15) is 9.59 Å². The van der Waals surface area contributed by atoms with Crippen LogP contribution in [0.4, 0.5) is 0 Å². The number of hydrogen-bond donors (Lipinski definition) is 0. The molecule has 30 heavy (non-hydrogen) atoms. The summed E-state index contributed by atoms with van der Waals surface area (Å²) in [4.78, 5) is 25.8. The second kappa shape index (κ2) is 9.35. The lowest BCUT2D eigenvalue weighted by molar-refractivity contribution is -0.131. The zero-order valence-electron chi connectivity index (χ0n) is 18.0. The van der Waals surface area contributed by atoms with E-state index in [2.05, 4.69) is 31.2 Å². The van der Waals surface area contributed by atoms with Crippen molar-refractivity contribution in [3.63, 3.8) is 0 Å². The second-order valence-corrected chi connectivity index (χ2v) is 8.69. The molecule has 0 N–H and O–H groups in total. The molecule has 3 rings (SSSR count). The van der Waals surface area contributed by atoms with Crippen LogP contribution in [0.5, 0.6) is 5.75 Å².